The third kappa shape index (κ3) is 4.28. The number of carbonyl (C=O) groups excluding carboxylic acids is 2. The molecular formula is C19H29N3O2. The number of hydrogen-bond donors (Lipinski definition) is 1. The van der Waals surface area contributed by atoms with Gasteiger partial charge in [-0.2, -0.15) is 0 Å². The molecule has 1 saturated heterocycles. The van der Waals surface area contributed by atoms with Gasteiger partial charge in [0.1, 0.15) is 0 Å². The van der Waals surface area contributed by atoms with Crippen molar-refractivity contribution < 1.29 is 9.59 Å². The molecule has 0 radical (unpaired) electrons. The van der Waals surface area contributed by atoms with Crippen molar-refractivity contribution in [1.29, 1.82) is 0 Å². The minimum Gasteiger partial charge on any atom is -0.368 e. The second-order valence-electron chi connectivity index (χ2n) is 7.52. The Morgan fingerprint density at radius 3 is 2.29 bits per heavy atom. The number of hydrogen-bond acceptors (Lipinski definition) is 3. The lowest BCUT2D eigenvalue weighted by Gasteiger charge is -2.37. The van der Waals surface area contributed by atoms with Crippen LogP contribution in [-0.4, -0.2) is 49.4 Å². The average molecular weight is 331 g/mol. The largest absolute Gasteiger partial charge is 0.368 e. The summed E-state index contributed by atoms with van der Waals surface area (Å²) in [6, 6.07) is 6.34. The first-order valence-electron chi connectivity index (χ1n) is 8.57. The van der Waals surface area contributed by atoms with Gasteiger partial charge in [-0.3, -0.25) is 9.59 Å². The second kappa shape index (κ2) is 7.24. The van der Waals surface area contributed by atoms with Crippen LogP contribution in [0.4, 0.5) is 5.69 Å². The lowest BCUT2D eigenvalue weighted by Crippen LogP contribution is -2.52. The van der Waals surface area contributed by atoms with Crippen molar-refractivity contribution in [3.8, 4) is 0 Å². The minimum atomic E-state index is -0.471. The molecule has 2 rings (SSSR count). The molecule has 1 N–H and O–H groups in total. The van der Waals surface area contributed by atoms with Crippen LogP contribution in [-0.2, 0) is 9.59 Å². The molecule has 0 atom stereocenters. The molecule has 0 unspecified atom stereocenters. The zero-order valence-electron chi connectivity index (χ0n) is 15.5. The second-order valence-corrected chi connectivity index (χ2v) is 7.52. The minimum absolute atomic E-state index is 0.00628. The van der Waals surface area contributed by atoms with E-state index in [1.165, 1.54) is 16.8 Å². The van der Waals surface area contributed by atoms with Gasteiger partial charge in [-0.25, -0.2) is 0 Å². The van der Waals surface area contributed by atoms with Crippen molar-refractivity contribution in [3.05, 3.63) is 29.3 Å². The van der Waals surface area contributed by atoms with Crippen molar-refractivity contribution in [2.45, 2.75) is 34.6 Å². The van der Waals surface area contributed by atoms with Crippen LogP contribution in [0.3, 0.4) is 0 Å². The summed E-state index contributed by atoms with van der Waals surface area (Å²) in [5.41, 5.74) is 3.37. The number of nitrogens with zero attached hydrogens (tertiary/aromatic N) is 2. The molecule has 0 saturated carbocycles. The lowest BCUT2D eigenvalue weighted by molar-refractivity contribution is -0.135. The molecule has 0 aromatic heterocycles. The van der Waals surface area contributed by atoms with E-state index in [2.05, 4.69) is 42.3 Å². The standard InChI is InChI=1S/C19H29N3O2/c1-14-7-6-8-16(15(14)2)21-9-11-22(12-10-21)17(23)13-20-18(24)19(3,4)5/h6-8H,9-13H2,1-5H3,(H,20,24). The molecule has 1 heterocycles. The van der Waals surface area contributed by atoms with Crippen LogP contribution in [0.1, 0.15) is 31.9 Å². The van der Waals surface area contributed by atoms with E-state index >= 15 is 0 Å². The van der Waals surface area contributed by atoms with Crippen LogP contribution in [0.15, 0.2) is 18.2 Å². The highest BCUT2D eigenvalue weighted by molar-refractivity contribution is 5.87. The first-order chi connectivity index (χ1) is 11.2. The molecule has 1 fully saturated rings. The number of rotatable bonds is 3. The topological polar surface area (TPSA) is 52.6 Å². The highest BCUT2D eigenvalue weighted by atomic mass is 16.2. The van der Waals surface area contributed by atoms with Gasteiger partial charge in [0.2, 0.25) is 11.8 Å². The summed E-state index contributed by atoms with van der Waals surface area (Å²) in [6.45, 7) is 12.9. The number of carbonyl (C=O) groups is 2. The molecule has 1 aromatic rings. The molecule has 0 spiro atoms. The number of aryl methyl sites for hydroxylation is 1. The van der Waals surface area contributed by atoms with Crippen molar-refractivity contribution in [2.24, 2.45) is 5.41 Å². The molecule has 1 aliphatic heterocycles. The molecule has 0 aliphatic carbocycles. The molecular weight excluding hydrogens is 302 g/mol. The molecule has 1 aliphatic rings. The zero-order valence-corrected chi connectivity index (χ0v) is 15.5. The van der Waals surface area contributed by atoms with Crippen molar-refractivity contribution in [2.75, 3.05) is 37.6 Å². The number of benzene rings is 1. The molecule has 1 aromatic carbocycles. The van der Waals surface area contributed by atoms with E-state index in [4.69, 9.17) is 0 Å². The average Bonchev–Trinajstić information content (AvgIpc) is 2.54. The summed E-state index contributed by atoms with van der Waals surface area (Å²) < 4.78 is 0. The highest BCUT2D eigenvalue weighted by Gasteiger charge is 2.25. The van der Waals surface area contributed by atoms with Gasteiger partial charge in [0.15, 0.2) is 0 Å². The monoisotopic (exact) mass is 331 g/mol. The van der Waals surface area contributed by atoms with E-state index in [1.54, 1.807) is 0 Å². The first kappa shape index (κ1) is 18.3. The summed E-state index contributed by atoms with van der Waals surface area (Å²) in [6.07, 6.45) is 0. The number of piperazine rings is 1. The fourth-order valence-corrected chi connectivity index (χ4v) is 2.81. The lowest BCUT2D eigenvalue weighted by atomic mass is 9.96. The Labute approximate surface area is 145 Å². The molecule has 2 amide bonds. The Balaban J connectivity index is 1.87. The Kier molecular flexibility index (Phi) is 5.52. The Bertz CT molecular complexity index is 612. The van der Waals surface area contributed by atoms with E-state index in [-0.39, 0.29) is 18.4 Å². The predicted octanol–water partition coefficient (Wildman–Crippen LogP) is 2.11. The SMILES string of the molecule is Cc1cccc(N2CCN(C(=O)CNC(=O)C(C)(C)C)CC2)c1C. The quantitative estimate of drug-likeness (QED) is 0.923. The molecule has 5 heteroatoms. The number of amides is 2. The van der Waals surface area contributed by atoms with Crippen molar-refractivity contribution in [1.82, 2.24) is 10.2 Å². The maximum atomic E-state index is 12.3. The van der Waals surface area contributed by atoms with E-state index in [0.717, 1.165) is 13.1 Å². The Morgan fingerprint density at radius 2 is 1.71 bits per heavy atom. The van der Waals surface area contributed by atoms with Crippen LogP contribution in [0.2, 0.25) is 0 Å². The summed E-state index contributed by atoms with van der Waals surface area (Å²) in [5.74, 6) is -0.0990. The maximum Gasteiger partial charge on any atom is 0.242 e. The van der Waals surface area contributed by atoms with E-state index < -0.39 is 5.41 Å². The summed E-state index contributed by atoms with van der Waals surface area (Å²) in [7, 11) is 0. The van der Waals surface area contributed by atoms with Crippen molar-refractivity contribution in [3.63, 3.8) is 0 Å². The summed E-state index contributed by atoms with van der Waals surface area (Å²) in [4.78, 5) is 28.3. The smallest absolute Gasteiger partial charge is 0.242 e. The van der Waals surface area contributed by atoms with Gasteiger partial charge >= 0.3 is 0 Å². The van der Waals surface area contributed by atoms with E-state index in [0.29, 0.717) is 13.1 Å². The Hall–Kier alpha value is -2.04. The molecule has 24 heavy (non-hydrogen) atoms. The van der Waals surface area contributed by atoms with Gasteiger partial charge < -0.3 is 15.1 Å². The third-order valence-corrected chi connectivity index (χ3v) is 4.63. The molecule has 0 bridgehead atoms. The van der Waals surface area contributed by atoms with E-state index in [9.17, 15) is 9.59 Å². The first-order valence-corrected chi connectivity index (χ1v) is 8.57. The Morgan fingerprint density at radius 1 is 1.08 bits per heavy atom. The van der Waals surface area contributed by atoms with Gasteiger partial charge in [-0.15, -0.1) is 0 Å². The van der Waals surface area contributed by atoms with Crippen LogP contribution >= 0.6 is 0 Å². The van der Waals surface area contributed by atoms with Crippen LogP contribution in [0.25, 0.3) is 0 Å². The summed E-state index contributed by atoms with van der Waals surface area (Å²) in [5, 5.41) is 2.74. The fraction of sp³-hybridized carbons (Fsp3) is 0.579. The van der Waals surface area contributed by atoms with Crippen LogP contribution in [0, 0.1) is 19.3 Å². The normalized spacial score (nSPS) is 15.4. The van der Waals surface area contributed by atoms with Crippen LogP contribution in [0.5, 0.6) is 0 Å². The predicted molar refractivity (Wildman–Crippen MR) is 97.2 cm³/mol. The third-order valence-electron chi connectivity index (χ3n) is 4.63. The van der Waals surface area contributed by atoms with Gasteiger partial charge in [0, 0.05) is 37.3 Å². The number of anilines is 1. The molecule has 132 valence electrons. The fourth-order valence-electron chi connectivity index (χ4n) is 2.81. The molecule has 5 nitrogen and oxygen atoms in total. The van der Waals surface area contributed by atoms with Gasteiger partial charge in [0.25, 0.3) is 0 Å². The summed E-state index contributed by atoms with van der Waals surface area (Å²) >= 11 is 0. The van der Waals surface area contributed by atoms with Gasteiger partial charge in [-0.1, -0.05) is 32.9 Å². The van der Waals surface area contributed by atoms with Crippen LogP contribution < -0.4 is 10.2 Å². The highest BCUT2D eigenvalue weighted by Crippen LogP contribution is 2.23. The van der Waals surface area contributed by atoms with Gasteiger partial charge in [-0.05, 0) is 31.0 Å². The zero-order chi connectivity index (χ0) is 17.9. The number of nitrogens with one attached hydrogen (secondary N) is 1. The van der Waals surface area contributed by atoms with Crippen molar-refractivity contribution >= 4 is 17.5 Å². The van der Waals surface area contributed by atoms with Gasteiger partial charge in [0.05, 0.1) is 6.54 Å². The maximum absolute atomic E-state index is 12.3. The van der Waals surface area contributed by atoms with E-state index in [1.807, 2.05) is 25.7 Å².